The number of benzene rings is 2. The van der Waals surface area contributed by atoms with Gasteiger partial charge in [-0.1, -0.05) is 30.0 Å². The second-order valence-corrected chi connectivity index (χ2v) is 9.02. The highest BCUT2D eigenvalue weighted by Crippen LogP contribution is 2.31. The van der Waals surface area contributed by atoms with Crippen molar-refractivity contribution in [3.05, 3.63) is 85.3 Å². The van der Waals surface area contributed by atoms with Crippen molar-refractivity contribution in [1.29, 1.82) is 0 Å². The summed E-state index contributed by atoms with van der Waals surface area (Å²) in [7, 11) is 0. The summed E-state index contributed by atoms with van der Waals surface area (Å²) in [4.78, 5) is 29.4. The number of nitro groups is 1. The van der Waals surface area contributed by atoms with Gasteiger partial charge in [0, 0.05) is 30.1 Å². The van der Waals surface area contributed by atoms with Crippen LogP contribution in [0.5, 0.6) is 0 Å². The molecular formula is C21H19N3O3S2. The standard InChI is InChI=1S/C21H19N3O3S2/c1-13-8-14(2)10-17(9-13)23-20(25)19-18(6-7-28-19)22-21(23)29-12-15-4-3-5-16(11-15)24(26)27/h3-5,8-11H,6-7,12H2,1-2H3. The van der Waals surface area contributed by atoms with E-state index in [0.29, 0.717) is 10.9 Å². The number of aromatic nitrogens is 2. The van der Waals surface area contributed by atoms with Crippen LogP contribution in [-0.4, -0.2) is 20.2 Å². The molecule has 0 bridgehead atoms. The largest absolute Gasteiger partial charge is 0.272 e. The molecule has 8 heteroatoms. The predicted octanol–water partition coefficient (Wildman–Crippen LogP) is 4.70. The molecule has 0 unspecified atom stereocenters. The van der Waals surface area contributed by atoms with E-state index in [1.807, 2.05) is 32.0 Å². The summed E-state index contributed by atoms with van der Waals surface area (Å²) >= 11 is 2.99. The Bertz CT molecular complexity index is 1150. The number of fused-ring (bicyclic) bond motifs is 1. The molecule has 4 rings (SSSR count). The van der Waals surface area contributed by atoms with E-state index in [0.717, 1.165) is 45.1 Å². The van der Waals surface area contributed by atoms with Crippen molar-refractivity contribution in [3.63, 3.8) is 0 Å². The minimum atomic E-state index is -0.398. The normalized spacial score (nSPS) is 12.8. The number of aryl methyl sites for hydroxylation is 3. The first-order chi connectivity index (χ1) is 13.9. The van der Waals surface area contributed by atoms with Gasteiger partial charge in [-0.3, -0.25) is 19.5 Å². The third-order valence-electron chi connectivity index (χ3n) is 4.62. The molecule has 148 valence electrons. The van der Waals surface area contributed by atoms with Crippen molar-refractivity contribution >= 4 is 29.2 Å². The Balaban J connectivity index is 1.76. The van der Waals surface area contributed by atoms with E-state index in [1.165, 1.54) is 17.8 Å². The lowest BCUT2D eigenvalue weighted by Gasteiger charge is -2.15. The molecule has 0 saturated heterocycles. The molecule has 0 saturated carbocycles. The van der Waals surface area contributed by atoms with Gasteiger partial charge in [-0.25, -0.2) is 4.98 Å². The van der Waals surface area contributed by atoms with Crippen LogP contribution in [0.15, 0.2) is 57.3 Å². The number of hydrogen-bond acceptors (Lipinski definition) is 6. The minimum Gasteiger partial charge on any atom is -0.268 e. The van der Waals surface area contributed by atoms with Crippen molar-refractivity contribution < 1.29 is 4.92 Å². The third-order valence-corrected chi connectivity index (χ3v) is 6.74. The van der Waals surface area contributed by atoms with Crippen LogP contribution in [0.2, 0.25) is 0 Å². The molecule has 0 atom stereocenters. The molecule has 0 aliphatic carbocycles. The topological polar surface area (TPSA) is 78.0 Å². The maximum atomic E-state index is 13.3. The number of nitrogens with zero attached hydrogens (tertiary/aromatic N) is 3. The number of non-ortho nitro benzene ring substituents is 1. The molecular weight excluding hydrogens is 406 g/mol. The SMILES string of the molecule is Cc1cc(C)cc(-n2c(SCc3cccc([N+](=O)[O-])c3)nc3c(c2=O)SCC3)c1. The van der Waals surface area contributed by atoms with Crippen LogP contribution >= 0.6 is 23.5 Å². The molecule has 3 aromatic rings. The molecule has 6 nitrogen and oxygen atoms in total. The maximum absolute atomic E-state index is 13.3. The lowest BCUT2D eigenvalue weighted by Crippen LogP contribution is -2.24. The summed E-state index contributed by atoms with van der Waals surface area (Å²) in [6.07, 6.45) is 0.785. The number of nitro benzene ring substituents is 1. The summed E-state index contributed by atoms with van der Waals surface area (Å²) in [5.74, 6) is 1.36. The zero-order valence-corrected chi connectivity index (χ0v) is 17.7. The molecule has 0 fully saturated rings. The fourth-order valence-corrected chi connectivity index (χ4v) is 5.40. The van der Waals surface area contributed by atoms with Crippen LogP contribution in [0.3, 0.4) is 0 Å². The first kappa shape index (κ1) is 19.7. The van der Waals surface area contributed by atoms with Crippen LogP contribution in [-0.2, 0) is 12.2 Å². The van der Waals surface area contributed by atoms with E-state index in [1.54, 1.807) is 28.5 Å². The molecule has 1 aliphatic rings. The maximum Gasteiger partial charge on any atom is 0.272 e. The summed E-state index contributed by atoms with van der Waals surface area (Å²) in [6, 6.07) is 12.6. The van der Waals surface area contributed by atoms with Crippen molar-refractivity contribution in [2.24, 2.45) is 0 Å². The van der Waals surface area contributed by atoms with Crippen molar-refractivity contribution in [3.8, 4) is 5.69 Å². The van der Waals surface area contributed by atoms with Gasteiger partial charge < -0.3 is 0 Å². The van der Waals surface area contributed by atoms with Crippen LogP contribution in [0, 0.1) is 24.0 Å². The highest BCUT2D eigenvalue weighted by Gasteiger charge is 2.23. The molecule has 0 spiro atoms. The Labute approximate surface area is 176 Å². The average molecular weight is 426 g/mol. The van der Waals surface area contributed by atoms with E-state index in [4.69, 9.17) is 4.98 Å². The second-order valence-electron chi connectivity index (χ2n) is 6.97. The molecule has 1 aliphatic heterocycles. The number of rotatable bonds is 5. The smallest absolute Gasteiger partial charge is 0.268 e. The lowest BCUT2D eigenvalue weighted by molar-refractivity contribution is -0.384. The van der Waals surface area contributed by atoms with E-state index >= 15 is 0 Å². The van der Waals surface area contributed by atoms with Gasteiger partial charge in [0.15, 0.2) is 5.16 Å². The molecule has 2 aromatic carbocycles. The van der Waals surface area contributed by atoms with Crippen molar-refractivity contribution in [2.45, 2.75) is 36.1 Å². The zero-order chi connectivity index (χ0) is 20.5. The summed E-state index contributed by atoms with van der Waals surface area (Å²) in [5, 5.41) is 11.7. The number of thioether (sulfide) groups is 2. The second kappa shape index (κ2) is 8.04. The van der Waals surface area contributed by atoms with Crippen LogP contribution in [0.25, 0.3) is 5.69 Å². The average Bonchev–Trinajstić information content (AvgIpc) is 3.15. The zero-order valence-electron chi connectivity index (χ0n) is 16.0. The molecule has 29 heavy (non-hydrogen) atoms. The summed E-state index contributed by atoms with van der Waals surface area (Å²) in [5.41, 5.74) is 4.65. The van der Waals surface area contributed by atoms with Gasteiger partial charge in [-0.2, -0.15) is 0 Å². The first-order valence-corrected chi connectivity index (χ1v) is 11.1. The Morgan fingerprint density at radius 2 is 1.97 bits per heavy atom. The van der Waals surface area contributed by atoms with E-state index < -0.39 is 4.92 Å². The molecule has 1 aromatic heterocycles. The van der Waals surface area contributed by atoms with Crippen LogP contribution in [0.4, 0.5) is 5.69 Å². The molecule has 0 amide bonds. The Morgan fingerprint density at radius 3 is 2.69 bits per heavy atom. The van der Waals surface area contributed by atoms with Gasteiger partial charge in [0.05, 0.1) is 21.2 Å². The highest BCUT2D eigenvalue weighted by molar-refractivity contribution is 7.99. The van der Waals surface area contributed by atoms with Crippen LogP contribution < -0.4 is 5.56 Å². The Morgan fingerprint density at radius 1 is 1.21 bits per heavy atom. The quantitative estimate of drug-likeness (QED) is 0.255. The fourth-order valence-electron chi connectivity index (χ4n) is 3.40. The van der Waals surface area contributed by atoms with E-state index in [9.17, 15) is 14.9 Å². The summed E-state index contributed by atoms with van der Waals surface area (Å²) in [6.45, 7) is 4.01. The molecule has 0 radical (unpaired) electrons. The monoisotopic (exact) mass is 425 g/mol. The van der Waals surface area contributed by atoms with Gasteiger partial charge in [-0.05, 0) is 42.7 Å². The fraction of sp³-hybridized carbons (Fsp3) is 0.238. The van der Waals surface area contributed by atoms with Crippen LogP contribution in [0.1, 0.15) is 22.4 Å². The van der Waals surface area contributed by atoms with Gasteiger partial charge in [-0.15, -0.1) is 11.8 Å². The lowest BCUT2D eigenvalue weighted by atomic mass is 10.1. The minimum absolute atomic E-state index is 0.0379. The molecule has 2 heterocycles. The first-order valence-electron chi connectivity index (χ1n) is 9.16. The Kier molecular flexibility index (Phi) is 5.47. The van der Waals surface area contributed by atoms with E-state index in [2.05, 4.69) is 6.07 Å². The summed E-state index contributed by atoms with van der Waals surface area (Å²) < 4.78 is 1.68. The van der Waals surface area contributed by atoms with E-state index in [-0.39, 0.29) is 11.2 Å². The van der Waals surface area contributed by atoms with Gasteiger partial charge in [0.1, 0.15) is 0 Å². The number of hydrogen-bond donors (Lipinski definition) is 0. The third kappa shape index (κ3) is 4.09. The predicted molar refractivity (Wildman–Crippen MR) is 116 cm³/mol. The van der Waals surface area contributed by atoms with Gasteiger partial charge in [0.25, 0.3) is 11.2 Å². The highest BCUT2D eigenvalue weighted by atomic mass is 32.2. The molecule has 0 N–H and O–H groups in total. The Hall–Kier alpha value is -2.58. The van der Waals surface area contributed by atoms with Gasteiger partial charge >= 0.3 is 0 Å². The van der Waals surface area contributed by atoms with Crippen molar-refractivity contribution in [2.75, 3.05) is 5.75 Å². The van der Waals surface area contributed by atoms with Gasteiger partial charge in [0.2, 0.25) is 0 Å². The van der Waals surface area contributed by atoms with Crippen molar-refractivity contribution in [1.82, 2.24) is 9.55 Å².